The topological polar surface area (TPSA) is 42.4 Å². The van der Waals surface area contributed by atoms with Crippen molar-refractivity contribution < 1.29 is 9.53 Å². The van der Waals surface area contributed by atoms with E-state index in [0.717, 1.165) is 24.1 Å². The Morgan fingerprint density at radius 2 is 2.15 bits per heavy atom. The highest BCUT2D eigenvalue weighted by Crippen LogP contribution is 2.35. The number of esters is 1. The third-order valence-corrected chi connectivity index (χ3v) is 5.01. The third-order valence-electron chi connectivity index (χ3n) is 4.11. The van der Waals surface area contributed by atoms with Crippen LogP contribution in [-0.2, 0) is 4.74 Å². The molecule has 0 aromatic carbocycles. The van der Waals surface area contributed by atoms with E-state index in [2.05, 4.69) is 30.7 Å². The maximum atomic E-state index is 11.5. The average Bonchev–Trinajstić information content (AvgIpc) is 2.74. The molecule has 5 heteroatoms. The molecule has 0 aliphatic carbocycles. The first kappa shape index (κ1) is 15.3. The number of anilines is 1. The molecule has 1 atom stereocenters. The molecule has 0 bridgehead atoms. The summed E-state index contributed by atoms with van der Waals surface area (Å²) in [6.45, 7) is 9.03. The largest absolute Gasteiger partial charge is 0.464 e. The Hall–Kier alpha value is -1.10. The van der Waals surface area contributed by atoms with Crippen LogP contribution in [-0.4, -0.2) is 31.2 Å². The molecule has 1 unspecified atom stereocenters. The first-order chi connectivity index (χ1) is 9.41. The minimum atomic E-state index is -0.352. The molecule has 1 fully saturated rings. The predicted molar refractivity (Wildman–Crippen MR) is 82.5 cm³/mol. The zero-order valence-electron chi connectivity index (χ0n) is 12.8. The molecule has 20 heavy (non-hydrogen) atoms. The summed E-state index contributed by atoms with van der Waals surface area (Å²) < 4.78 is 4.71. The molecule has 1 aliphatic heterocycles. The van der Waals surface area contributed by atoms with Crippen LogP contribution >= 0.6 is 11.3 Å². The number of carbonyl (C=O) groups is 1. The summed E-state index contributed by atoms with van der Waals surface area (Å²) in [7, 11) is 1.39. The van der Waals surface area contributed by atoms with Crippen molar-refractivity contribution in [3.63, 3.8) is 0 Å². The van der Waals surface area contributed by atoms with Crippen molar-refractivity contribution in [1.82, 2.24) is 4.98 Å². The first-order valence-electron chi connectivity index (χ1n) is 7.20. The van der Waals surface area contributed by atoms with E-state index < -0.39 is 0 Å². The van der Waals surface area contributed by atoms with Crippen molar-refractivity contribution in [2.75, 3.05) is 25.1 Å². The number of ether oxygens (including phenoxy) is 1. The molecular weight excluding hydrogens is 272 g/mol. The van der Waals surface area contributed by atoms with Gasteiger partial charge in [0.25, 0.3) is 0 Å². The fourth-order valence-corrected chi connectivity index (χ4v) is 3.61. The van der Waals surface area contributed by atoms with Crippen molar-refractivity contribution in [2.45, 2.75) is 40.0 Å². The molecule has 1 aromatic rings. The second-order valence-corrected chi connectivity index (χ2v) is 7.32. The quantitative estimate of drug-likeness (QED) is 0.782. The van der Waals surface area contributed by atoms with E-state index in [1.165, 1.54) is 37.7 Å². The van der Waals surface area contributed by atoms with Crippen LogP contribution in [0.15, 0.2) is 5.38 Å². The highest BCUT2D eigenvalue weighted by atomic mass is 32.1. The maximum Gasteiger partial charge on any atom is 0.357 e. The molecule has 4 nitrogen and oxygen atoms in total. The number of hydrogen-bond acceptors (Lipinski definition) is 5. The summed E-state index contributed by atoms with van der Waals surface area (Å²) >= 11 is 1.53. The third kappa shape index (κ3) is 3.51. The molecule has 1 saturated heterocycles. The minimum absolute atomic E-state index is 0.352. The van der Waals surface area contributed by atoms with Crippen LogP contribution in [0.3, 0.4) is 0 Å². The van der Waals surface area contributed by atoms with Gasteiger partial charge >= 0.3 is 5.97 Å². The van der Waals surface area contributed by atoms with Crippen molar-refractivity contribution in [2.24, 2.45) is 11.3 Å². The molecule has 0 saturated carbocycles. The summed E-state index contributed by atoms with van der Waals surface area (Å²) in [5.74, 6) is 0.405. The summed E-state index contributed by atoms with van der Waals surface area (Å²) in [4.78, 5) is 18.2. The van der Waals surface area contributed by atoms with Gasteiger partial charge in [-0.05, 0) is 30.6 Å². The Morgan fingerprint density at radius 1 is 1.40 bits per heavy atom. The minimum Gasteiger partial charge on any atom is -0.464 e. The summed E-state index contributed by atoms with van der Waals surface area (Å²) in [5, 5.41) is 2.73. The van der Waals surface area contributed by atoms with Gasteiger partial charge in [0, 0.05) is 18.5 Å². The average molecular weight is 296 g/mol. The smallest absolute Gasteiger partial charge is 0.357 e. The molecular formula is C15H24N2O2S. The van der Waals surface area contributed by atoms with Crippen LogP contribution in [0, 0.1) is 11.3 Å². The predicted octanol–water partition coefficient (Wildman–Crippen LogP) is 3.58. The number of nitrogens with zero attached hydrogens (tertiary/aromatic N) is 2. The Bertz CT molecular complexity index is 465. The van der Waals surface area contributed by atoms with Gasteiger partial charge in [-0.25, -0.2) is 9.78 Å². The van der Waals surface area contributed by atoms with Gasteiger partial charge in [0.15, 0.2) is 10.8 Å². The SMILES string of the molecule is COC(=O)c1csc(N2CCCC(C(C)(C)C)CC2)n1. The lowest BCUT2D eigenvalue weighted by Gasteiger charge is -2.29. The van der Waals surface area contributed by atoms with Crippen molar-refractivity contribution in [1.29, 1.82) is 0 Å². The van der Waals surface area contributed by atoms with Gasteiger partial charge in [0.1, 0.15) is 0 Å². The lowest BCUT2D eigenvalue weighted by atomic mass is 9.77. The lowest BCUT2D eigenvalue weighted by molar-refractivity contribution is 0.0595. The second-order valence-electron chi connectivity index (χ2n) is 6.49. The van der Waals surface area contributed by atoms with Gasteiger partial charge in [-0.1, -0.05) is 20.8 Å². The number of hydrogen-bond donors (Lipinski definition) is 0. The number of carbonyl (C=O) groups excluding carboxylic acids is 1. The number of thiazole rings is 1. The van der Waals surface area contributed by atoms with E-state index in [4.69, 9.17) is 4.74 Å². The molecule has 0 amide bonds. The van der Waals surface area contributed by atoms with Crippen LogP contribution in [0.4, 0.5) is 5.13 Å². The van der Waals surface area contributed by atoms with Crippen molar-refractivity contribution in [3.05, 3.63) is 11.1 Å². The van der Waals surface area contributed by atoms with Crippen LogP contribution in [0.5, 0.6) is 0 Å². The van der Waals surface area contributed by atoms with E-state index in [1.807, 2.05) is 0 Å². The molecule has 0 radical (unpaired) electrons. The van der Waals surface area contributed by atoms with E-state index >= 15 is 0 Å². The number of rotatable bonds is 2. The van der Waals surface area contributed by atoms with Crippen LogP contribution in [0.25, 0.3) is 0 Å². The molecule has 0 spiro atoms. The van der Waals surface area contributed by atoms with Crippen molar-refractivity contribution >= 4 is 22.4 Å². The van der Waals surface area contributed by atoms with Crippen molar-refractivity contribution in [3.8, 4) is 0 Å². The Balaban J connectivity index is 2.03. The molecule has 1 aliphatic rings. The van der Waals surface area contributed by atoms with Crippen LogP contribution in [0.1, 0.15) is 50.5 Å². The summed E-state index contributed by atoms with van der Waals surface area (Å²) in [5.41, 5.74) is 0.792. The molecule has 112 valence electrons. The summed E-state index contributed by atoms with van der Waals surface area (Å²) in [6, 6.07) is 0. The van der Waals surface area contributed by atoms with E-state index in [9.17, 15) is 4.79 Å². The molecule has 2 rings (SSSR count). The lowest BCUT2D eigenvalue weighted by Crippen LogP contribution is -2.26. The van der Waals surface area contributed by atoms with E-state index in [-0.39, 0.29) is 5.97 Å². The monoisotopic (exact) mass is 296 g/mol. The Kier molecular flexibility index (Phi) is 4.68. The van der Waals surface area contributed by atoms with Crippen LogP contribution in [0.2, 0.25) is 0 Å². The van der Waals surface area contributed by atoms with Gasteiger partial charge in [-0.2, -0.15) is 0 Å². The van der Waals surface area contributed by atoms with Gasteiger partial charge in [0.2, 0.25) is 0 Å². The van der Waals surface area contributed by atoms with E-state index in [1.54, 1.807) is 5.38 Å². The van der Waals surface area contributed by atoms with Crippen LogP contribution < -0.4 is 4.90 Å². The molecule has 0 N–H and O–H groups in total. The fraction of sp³-hybridized carbons (Fsp3) is 0.733. The standard InChI is InChI=1S/C15H24N2O2S/c1-15(2,3)11-6-5-8-17(9-7-11)14-16-12(10-20-14)13(18)19-4/h10-11H,5-9H2,1-4H3. The normalized spacial score (nSPS) is 20.6. The van der Waals surface area contributed by atoms with Gasteiger partial charge in [-0.15, -0.1) is 11.3 Å². The van der Waals surface area contributed by atoms with Gasteiger partial charge in [-0.3, -0.25) is 0 Å². The molecule has 2 heterocycles. The zero-order chi connectivity index (χ0) is 14.8. The summed E-state index contributed by atoms with van der Waals surface area (Å²) in [6.07, 6.45) is 3.65. The molecule has 1 aromatic heterocycles. The fourth-order valence-electron chi connectivity index (χ4n) is 2.76. The zero-order valence-corrected chi connectivity index (χ0v) is 13.6. The van der Waals surface area contributed by atoms with E-state index in [0.29, 0.717) is 11.1 Å². The number of methoxy groups -OCH3 is 1. The van der Waals surface area contributed by atoms with Gasteiger partial charge < -0.3 is 9.64 Å². The van der Waals surface area contributed by atoms with Gasteiger partial charge in [0.05, 0.1) is 7.11 Å². The maximum absolute atomic E-state index is 11.5. The Morgan fingerprint density at radius 3 is 2.80 bits per heavy atom. The highest BCUT2D eigenvalue weighted by Gasteiger charge is 2.28. The first-order valence-corrected chi connectivity index (χ1v) is 8.08. The Labute approximate surface area is 125 Å². The highest BCUT2D eigenvalue weighted by molar-refractivity contribution is 7.13. The number of aromatic nitrogens is 1. The second kappa shape index (κ2) is 6.12.